The first-order chi connectivity index (χ1) is 15.4. The van der Waals surface area contributed by atoms with E-state index in [1.807, 2.05) is 31.2 Å². The molecule has 8 heteroatoms. The van der Waals surface area contributed by atoms with Crippen molar-refractivity contribution in [2.45, 2.75) is 39.5 Å². The lowest BCUT2D eigenvalue weighted by Gasteiger charge is -2.05. The lowest BCUT2D eigenvalue weighted by Crippen LogP contribution is -2.17. The molecule has 0 aliphatic carbocycles. The zero-order chi connectivity index (χ0) is 23.1. The minimum absolute atomic E-state index is 0.00781. The first-order valence-corrected chi connectivity index (χ1v) is 10.4. The van der Waals surface area contributed by atoms with Crippen molar-refractivity contribution in [1.82, 2.24) is 9.78 Å². The molecule has 0 unspecified atom stereocenters. The highest BCUT2D eigenvalue weighted by molar-refractivity contribution is 5.88. The average molecular weight is 434 g/mol. The summed E-state index contributed by atoms with van der Waals surface area (Å²) in [6.07, 6.45) is 3.16. The summed E-state index contributed by atoms with van der Waals surface area (Å²) in [5, 5.41) is 14.8. The number of nitrogens with one attached hydrogen (secondary N) is 2. The number of carbonyl (C=O) groups is 2. The van der Waals surface area contributed by atoms with Crippen LogP contribution in [0.3, 0.4) is 0 Å². The summed E-state index contributed by atoms with van der Waals surface area (Å²) in [6, 6.07) is 14.6. The Morgan fingerprint density at radius 3 is 2.53 bits per heavy atom. The molecule has 3 aromatic rings. The number of anilines is 1. The fourth-order valence-electron chi connectivity index (χ4n) is 3.38. The Kier molecular flexibility index (Phi) is 7.38. The Morgan fingerprint density at radius 1 is 1.16 bits per heavy atom. The molecule has 32 heavy (non-hydrogen) atoms. The monoisotopic (exact) mass is 434 g/mol. The summed E-state index contributed by atoms with van der Waals surface area (Å²) in [6.45, 7) is 3.47. The van der Waals surface area contributed by atoms with Crippen molar-refractivity contribution >= 4 is 29.5 Å². The van der Waals surface area contributed by atoms with E-state index in [4.69, 9.17) is 5.11 Å². The minimum Gasteiger partial charge on any atom is -0.481 e. The molecule has 0 spiro atoms. The summed E-state index contributed by atoms with van der Waals surface area (Å²) in [7, 11) is 0. The highest BCUT2D eigenvalue weighted by atomic mass is 16.4. The number of amides is 1. The van der Waals surface area contributed by atoms with Gasteiger partial charge in [-0.1, -0.05) is 25.1 Å². The molecule has 1 heterocycles. The molecule has 0 bridgehead atoms. The second-order valence-electron chi connectivity index (χ2n) is 7.36. The van der Waals surface area contributed by atoms with Gasteiger partial charge in [-0.15, -0.1) is 0 Å². The number of aromatic nitrogens is 2. The summed E-state index contributed by atoms with van der Waals surface area (Å²) < 4.78 is 1.40. The van der Waals surface area contributed by atoms with Crippen LogP contribution in [0.5, 0.6) is 0 Å². The van der Waals surface area contributed by atoms with E-state index in [1.165, 1.54) is 11.6 Å². The largest absolute Gasteiger partial charge is 0.481 e. The van der Waals surface area contributed by atoms with E-state index >= 15 is 0 Å². The van der Waals surface area contributed by atoms with Crippen molar-refractivity contribution in [1.29, 1.82) is 0 Å². The molecule has 0 saturated heterocycles. The fourth-order valence-corrected chi connectivity index (χ4v) is 3.38. The highest BCUT2D eigenvalue weighted by Crippen LogP contribution is 2.19. The molecule has 8 nitrogen and oxygen atoms in total. The molecule has 2 aromatic carbocycles. The van der Waals surface area contributed by atoms with Gasteiger partial charge in [0.1, 0.15) is 0 Å². The molecule has 3 N–H and O–H groups in total. The van der Waals surface area contributed by atoms with Crippen LogP contribution in [0.15, 0.2) is 58.3 Å². The van der Waals surface area contributed by atoms with E-state index in [-0.39, 0.29) is 17.9 Å². The van der Waals surface area contributed by atoms with Gasteiger partial charge in [-0.05, 0) is 55.2 Å². The molecule has 0 aliphatic heterocycles. The van der Waals surface area contributed by atoms with Crippen LogP contribution >= 0.6 is 0 Å². The quantitative estimate of drug-likeness (QED) is 0.444. The van der Waals surface area contributed by atoms with Crippen LogP contribution in [0.4, 0.5) is 11.4 Å². The van der Waals surface area contributed by atoms with E-state index in [2.05, 4.69) is 15.4 Å². The van der Waals surface area contributed by atoms with Crippen molar-refractivity contribution in [3.8, 4) is 5.69 Å². The molecule has 166 valence electrons. The predicted octanol–water partition coefficient (Wildman–Crippen LogP) is 3.84. The normalized spacial score (nSPS) is 11.1. The minimum atomic E-state index is -0.882. The number of aryl methyl sites for hydroxylation is 2. The van der Waals surface area contributed by atoms with Crippen LogP contribution in [0.25, 0.3) is 5.69 Å². The smallest absolute Gasteiger partial charge is 0.303 e. The maximum Gasteiger partial charge on any atom is 0.303 e. The number of nitrogens with zero attached hydrogens (tertiary/aromatic N) is 2. The van der Waals surface area contributed by atoms with E-state index < -0.39 is 5.97 Å². The fraction of sp³-hybridized carbons (Fsp3) is 0.250. The third kappa shape index (κ3) is 5.60. The van der Waals surface area contributed by atoms with Crippen molar-refractivity contribution in [2.75, 3.05) is 5.32 Å². The number of hydrogen-bond acceptors (Lipinski definition) is 4. The number of carboxylic acid groups (broad SMARTS) is 1. The highest BCUT2D eigenvalue weighted by Gasteiger charge is 2.15. The van der Waals surface area contributed by atoms with Gasteiger partial charge in [0.15, 0.2) is 0 Å². The Morgan fingerprint density at radius 2 is 1.88 bits per heavy atom. The molecule has 0 radical (unpaired) electrons. The summed E-state index contributed by atoms with van der Waals surface area (Å²) in [4.78, 5) is 39.9. The predicted molar refractivity (Wildman–Crippen MR) is 124 cm³/mol. The van der Waals surface area contributed by atoms with Gasteiger partial charge >= 0.3 is 5.97 Å². The molecule has 3 rings (SSSR count). The third-order valence-electron chi connectivity index (χ3n) is 4.97. The maximum atomic E-state index is 13.2. The number of H-pyrrole nitrogens is 1. The first-order valence-electron chi connectivity index (χ1n) is 10.4. The molecular formula is C24H26N4O4. The number of aromatic amines is 1. The Bertz CT molecular complexity index is 1190. The van der Waals surface area contributed by atoms with Crippen LogP contribution in [-0.2, 0) is 22.4 Å². The van der Waals surface area contributed by atoms with Crippen LogP contribution in [-0.4, -0.2) is 33.0 Å². The van der Waals surface area contributed by atoms with Crippen LogP contribution in [0.1, 0.15) is 43.5 Å². The Balaban J connectivity index is 1.98. The van der Waals surface area contributed by atoms with Gasteiger partial charge in [0.2, 0.25) is 5.91 Å². The van der Waals surface area contributed by atoms with Gasteiger partial charge in [-0.2, -0.15) is 0 Å². The van der Waals surface area contributed by atoms with E-state index in [0.717, 1.165) is 17.7 Å². The zero-order valence-electron chi connectivity index (χ0n) is 18.1. The number of para-hydroxylation sites is 1. The summed E-state index contributed by atoms with van der Waals surface area (Å²) >= 11 is 0. The third-order valence-corrected chi connectivity index (χ3v) is 4.97. The molecule has 0 aliphatic rings. The molecule has 1 amide bonds. The van der Waals surface area contributed by atoms with Gasteiger partial charge in [0.05, 0.1) is 16.9 Å². The van der Waals surface area contributed by atoms with Crippen molar-refractivity contribution in [3.05, 3.63) is 75.7 Å². The first kappa shape index (κ1) is 22.7. The number of carboxylic acids is 1. The molecule has 0 saturated carbocycles. The van der Waals surface area contributed by atoms with Gasteiger partial charge in [0.25, 0.3) is 5.56 Å². The Hall–Kier alpha value is -3.94. The van der Waals surface area contributed by atoms with Gasteiger partial charge in [-0.25, -0.2) is 4.68 Å². The van der Waals surface area contributed by atoms with E-state index in [9.17, 15) is 14.4 Å². The standard InChI is InChI=1S/C24H26N4O4/c1-3-17-7-4-5-8-21(17)25-15-20-22(9-6-10-23(30)31)27-28(24(20)32)19-13-11-18(12-14-19)26-16(2)29/h4-5,7-8,11-15,27H,3,6,9-10H2,1-2H3,(H,26,29)(H,30,31). The maximum absolute atomic E-state index is 13.2. The van der Waals surface area contributed by atoms with Crippen molar-refractivity contribution in [2.24, 2.45) is 4.99 Å². The lowest BCUT2D eigenvalue weighted by atomic mass is 10.1. The second-order valence-corrected chi connectivity index (χ2v) is 7.36. The van der Waals surface area contributed by atoms with Crippen LogP contribution in [0, 0.1) is 0 Å². The summed E-state index contributed by atoms with van der Waals surface area (Å²) in [5.41, 5.74) is 3.82. The zero-order valence-corrected chi connectivity index (χ0v) is 18.1. The summed E-state index contributed by atoms with van der Waals surface area (Å²) in [5.74, 6) is -1.06. The van der Waals surface area contributed by atoms with E-state index in [1.54, 1.807) is 30.5 Å². The number of rotatable bonds is 9. The number of hydrogen-bond donors (Lipinski definition) is 3. The van der Waals surface area contributed by atoms with Crippen molar-refractivity contribution in [3.63, 3.8) is 0 Å². The van der Waals surface area contributed by atoms with Crippen LogP contribution < -0.4 is 10.9 Å². The SMILES string of the molecule is CCc1ccccc1N=Cc1c(CCCC(=O)O)[nH]n(-c2ccc(NC(C)=O)cc2)c1=O. The topological polar surface area (TPSA) is 117 Å². The molecule has 0 atom stereocenters. The molecule has 0 fully saturated rings. The van der Waals surface area contributed by atoms with Gasteiger partial charge in [-0.3, -0.25) is 24.5 Å². The number of benzene rings is 2. The Labute approximate surface area is 185 Å². The average Bonchev–Trinajstić information content (AvgIpc) is 3.07. The number of aliphatic carboxylic acids is 1. The van der Waals surface area contributed by atoms with Crippen LogP contribution in [0.2, 0.25) is 0 Å². The number of carbonyl (C=O) groups excluding carboxylic acids is 1. The molecule has 1 aromatic heterocycles. The van der Waals surface area contributed by atoms with E-state index in [0.29, 0.717) is 35.5 Å². The lowest BCUT2D eigenvalue weighted by molar-refractivity contribution is -0.137. The van der Waals surface area contributed by atoms with Crippen molar-refractivity contribution < 1.29 is 14.7 Å². The van der Waals surface area contributed by atoms with Gasteiger partial charge < -0.3 is 10.4 Å². The molecular weight excluding hydrogens is 408 g/mol. The second kappa shape index (κ2) is 10.4. The van der Waals surface area contributed by atoms with Gasteiger partial charge in [0, 0.05) is 30.9 Å². The number of aliphatic imine (C=N–C) groups is 1.